The number of ether oxygens (including phenoxy) is 1. The number of nitrogens with zero attached hydrogens (tertiary/aromatic N) is 1. The number of methoxy groups -OCH3 is 1. The highest BCUT2D eigenvalue weighted by molar-refractivity contribution is 6.01. The zero-order valence-corrected chi connectivity index (χ0v) is 14.4. The molecule has 2 atom stereocenters. The maximum atomic E-state index is 12.4. The van der Waals surface area contributed by atoms with Gasteiger partial charge in [0.15, 0.2) is 0 Å². The minimum atomic E-state index is -2.87. The van der Waals surface area contributed by atoms with E-state index in [1.165, 1.54) is 12.0 Å². The van der Waals surface area contributed by atoms with Gasteiger partial charge < -0.3 is 20.1 Å². The first-order valence-electron chi connectivity index (χ1n) is 7.99. The zero-order chi connectivity index (χ0) is 19.4. The second kappa shape index (κ2) is 8.11. The lowest BCUT2D eigenvalue weighted by molar-refractivity contribution is -0.143. The maximum absolute atomic E-state index is 12.4. The van der Waals surface area contributed by atoms with Gasteiger partial charge in [0.25, 0.3) is 0 Å². The van der Waals surface area contributed by atoms with Gasteiger partial charge in [0, 0.05) is 19.4 Å². The van der Waals surface area contributed by atoms with Gasteiger partial charge in [-0.2, -0.15) is 0 Å². The predicted molar refractivity (Wildman–Crippen MR) is 88.4 cm³/mol. The molecule has 26 heavy (non-hydrogen) atoms. The number of aliphatic carboxylic acids is 1. The van der Waals surface area contributed by atoms with Crippen LogP contribution in [0.15, 0.2) is 18.2 Å². The first-order valence-corrected chi connectivity index (χ1v) is 7.99. The van der Waals surface area contributed by atoms with Gasteiger partial charge in [-0.3, -0.25) is 9.59 Å². The van der Waals surface area contributed by atoms with E-state index in [0.717, 1.165) is 5.56 Å². The number of benzene rings is 1. The van der Waals surface area contributed by atoms with Crippen LogP contribution in [0.2, 0.25) is 0 Å². The highest BCUT2D eigenvalue weighted by atomic mass is 19.3. The lowest BCUT2D eigenvalue weighted by Crippen LogP contribution is -2.45. The molecule has 142 valence electrons. The standard InChI is InChI=1S/C17H20F2N2O5/c1-9-3-4-13(26-2)12(5-9)21-8-10(6-15(21)22)16(23)20-11(17(24)25)7-14(18)19/h3-5,10-11,14H,6-8H2,1-2H3,(H,20,23)(H,24,25). The van der Waals surface area contributed by atoms with Crippen LogP contribution in [-0.2, 0) is 14.4 Å². The SMILES string of the molecule is COc1ccc(C)cc1N1CC(C(=O)NC(CC(F)F)C(=O)O)CC1=O. The van der Waals surface area contributed by atoms with Crippen molar-refractivity contribution in [1.29, 1.82) is 0 Å². The Labute approximate surface area is 148 Å². The van der Waals surface area contributed by atoms with Gasteiger partial charge in [-0.05, 0) is 24.6 Å². The largest absolute Gasteiger partial charge is 0.495 e. The molecule has 1 aromatic rings. The van der Waals surface area contributed by atoms with Crippen LogP contribution >= 0.6 is 0 Å². The summed E-state index contributed by atoms with van der Waals surface area (Å²) in [6, 6.07) is 3.57. The molecular weight excluding hydrogens is 350 g/mol. The van der Waals surface area contributed by atoms with Crippen LogP contribution in [0.3, 0.4) is 0 Å². The Balaban J connectivity index is 2.13. The fourth-order valence-corrected chi connectivity index (χ4v) is 2.82. The van der Waals surface area contributed by atoms with Gasteiger partial charge in [0.1, 0.15) is 11.8 Å². The average molecular weight is 370 g/mol. The van der Waals surface area contributed by atoms with Crippen molar-refractivity contribution in [3.05, 3.63) is 23.8 Å². The number of alkyl halides is 2. The molecule has 1 aliphatic rings. The summed E-state index contributed by atoms with van der Waals surface area (Å²) in [5.74, 6) is -2.96. The van der Waals surface area contributed by atoms with E-state index in [0.29, 0.717) is 11.4 Å². The van der Waals surface area contributed by atoms with Gasteiger partial charge in [-0.1, -0.05) is 6.07 Å². The van der Waals surface area contributed by atoms with Crippen molar-refractivity contribution in [1.82, 2.24) is 5.32 Å². The van der Waals surface area contributed by atoms with Crippen LogP contribution in [0.4, 0.5) is 14.5 Å². The molecule has 2 unspecified atom stereocenters. The highest BCUT2D eigenvalue weighted by Gasteiger charge is 2.38. The molecule has 9 heteroatoms. The Morgan fingerprint density at radius 1 is 1.42 bits per heavy atom. The number of nitrogens with one attached hydrogen (secondary N) is 1. The summed E-state index contributed by atoms with van der Waals surface area (Å²) in [5, 5.41) is 11.0. The summed E-state index contributed by atoms with van der Waals surface area (Å²) >= 11 is 0. The summed E-state index contributed by atoms with van der Waals surface area (Å²) in [5.41, 5.74) is 1.40. The number of carbonyl (C=O) groups excluding carboxylic acids is 2. The fourth-order valence-electron chi connectivity index (χ4n) is 2.82. The van der Waals surface area contributed by atoms with Crippen molar-refractivity contribution >= 4 is 23.5 Å². The van der Waals surface area contributed by atoms with Crippen molar-refractivity contribution in [3.8, 4) is 5.75 Å². The summed E-state index contributed by atoms with van der Waals surface area (Å²) in [7, 11) is 1.46. The second-order valence-corrected chi connectivity index (χ2v) is 6.11. The summed E-state index contributed by atoms with van der Waals surface area (Å²) in [6.07, 6.45) is -3.99. The van der Waals surface area contributed by atoms with Gasteiger partial charge in [-0.25, -0.2) is 13.6 Å². The quantitative estimate of drug-likeness (QED) is 0.760. The van der Waals surface area contributed by atoms with Crippen LogP contribution in [0.1, 0.15) is 18.4 Å². The Hall–Kier alpha value is -2.71. The number of carboxylic acids is 1. The monoisotopic (exact) mass is 370 g/mol. The first-order chi connectivity index (χ1) is 12.2. The number of carbonyl (C=O) groups is 3. The zero-order valence-electron chi connectivity index (χ0n) is 14.4. The van der Waals surface area contributed by atoms with Crippen LogP contribution < -0.4 is 15.0 Å². The van der Waals surface area contributed by atoms with Crippen LogP contribution in [0.25, 0.3) is 0 Å². The smallest absolute Gasteiger partial charge is 0.326 e. The van der Waals surface area contributed by atoms with E-state index in [1.807, 2.05) is 13.0 Å². The third-order valence-electron chi connectivity index (χ3n) is 4.15. The lowest BCUT2D eigenvalue weighted by atomic mass is 10.1. The molecule has 0 bridgehead atoms. The number of anilines is 1. The molecule has 1 fully saturated rings. The first kappa shape index (κ1) is 19.6. The lowest BCUT2D eigenvalue weighted by Gasteiger charge is -2.21. The van der Waals surface area contributed by atoms with E-state index < -0.39 is 36.7 Å². The van der Waals surface area contributed by atoms with Gasteiger partial charge in [0.05, 0.1) is 18.7 Å². The molecule has 7 nitrogen and oxygen atoms in total. The number of carboxylic acid groups (broad SMARTS) is 1. The molecule has 2 rings (SSSR count). The topological polar surface area (TPSA) is 95.9 Å². The molecule has 0 radical (unpaired) electrons. The minimum Gasteiger partial charge on any atom is -0.495 e. The normalized spacial score (nSPS) is 18.1. The molecular formula is C17H20F2N2O5. The van der Waals surface area contributed by atoms with E-state index >= 15 is 0 Å². The van der Waals surface area contributed by atoms with E-state index in [-0.39, 0.29) is 18.9 Å². The number of amides is 2. The van der Waals surface area contributed by atoms with E-state index in [4.69, 9.17) is 9.84 Å². The molecule has 1 saturated heterocycles. The van der Waals surface area contributed by atoms with Crippen molar-refractivity contribution in [2.24, 2.45) is 5.92 Å². The molecule has 2 amide bonds. The number of hydrogen-bond donors (Lipinski definition) is 2. The van der Waals surface area contributed by atoms with E-state index in [9.17, 15) is 23.2 Å². The highest BCUT2D eigenvalue weighted by Crippen LogP contribution is 2.34. The number of hydrogen-bond acceptors (Lipinski definition) is 4. The van der Waals surface area contributed by atoms with Crippen LogP contribution in [0.5, 0.6) is 5.75 Å². The van der Waals surface area contributed by atoms with Crippen molar-refractivity contribution < 1.29 is 33.0 Å². The molecule has 1 aromatic carbocycles. The molecule has 0 aromatic heterocycles. The van der Waals surface area contributed by atoms with E-state index in [1.54, 1.807) is 12.1 Å². The molecule has 0 spiro atoms. The molecule has 0 aliphatic carbocycles. The van der Waals surface area contributed by atoms with Crippen LogP contribution in [0, 0.1) is 12.8 Å². The van der Waals surface area contributed by atoms with Gasteiger partial charge in [0.2, 0.25) is 18.2 Å². The minimum absolute atomic E-state index is 0.0193. The number of halogens is 2. The third kappa shape index (κ3) is 4.47. The van der Waals surface area contributed by atoms with Gasteiger partial charge in [-0.15, -0.1) is 0 Å². The van der Waals surface area contributed by atoms with Crippen LogP contribution in [-0.4, -0.2) is 49.0 Å². The Morgan fingerprint density at radius 2 is 2.12 bits per heavy atom. The molecule has 1 heterocycles. The summed E-state index contributed by atoms with van der Waals surface area (Å²) in [6.45, 7) is 1.86. The Bertz CT molecular complexity index is 710. The van der Waals surface area contributed by atoms with Gasteiger partial charge >= 0.3 is 5.97 Å². The summed E-state index contributed by atoms with van der Waals surface area (Å²) < 4.78 is 30.1. The molecule has 2 N–H and O–H groups in total. The number of rotatable bonds is 7. The summed E-state index contributed by atoms with van der Waals surface area (Å²) in [4.78, 5) is 37.0. The third-order valence-corrected chi connectivity index (χ3v) is 4.15. The maximum Gasteiger partial charge on any atom is 0.326 e. The number of aryl methyl sites for hydroxylation is 1. The Kier molecular flexibility index (Phi) is 6.12. The van der Waals surface area contributed by atoms with Crippen molar-refractivity contribution in [2.45, 2.75) is 32.2 Å². The Morgan fingerprint density at radius 3 is 2.69 bits per heavy atom. The van der Waals surface area contributed by atoms with E-state index in [2.05, 4.69) is 5.32 Å². The molecule has 0 saturated carbocycles. The molecule has 1 aliphatic heterocycles. The van der Waals surface area contributed by atoms with Crippen molar-refractivity contribution in [2.75, 3.05) is 18.6 Å². The average Bonchev–Trinajstić information content (AvgIpc) is 2.95. The predicted octanol–water partition coefficient (Wildman–Crippen LogP) is 1.58. The fraction of sp³-hybridized carbons (Fsp3) is 0.471. The van der Waals surface area contributed by atoms with Crippen molar-refractivity contribution in [3.63, 3.8) is 0 Å². The second-order valence-electron chi connectivity index (χ2n) is 6.11.